The molecule has 0 aliphatic rings. The van der Waals surface area contributed by atoms with Crippen LogP contribution >= 0.6 is 0 Å². The molecule has 2 rings (SSSR count). The quantitative estimate of drug-likeness (QED) is 0.769. The van der Waals surface area contributed by atoms with Crippen LogP contribution in [0.5, 0.6) is 0 Å². The summed E-state index contributed by atoms with van der Waals surface area (Å²) in [6, 6.07) is 8.67. The molecule has 0 saturated carbocycles. The van der Waals surface area contributed by atoms with Gasteiger partial charge in [-0.15, -0.1) is 0 Å². The maximum absolute atomic E-state index is 12.5. The number of carbonyl (C=O) groups excluding carboxylic acids is 1. The number of nitrogens with one attached hydrogen (secondary N) is 3. The van der Waals surface area contributed by atoms with Crippen LogP contribution in [0.25, 0.3) is 0 Å². The van der Waals surface area contributed by atoms with Crippen molar-refractivity contribution in [2.45, 2.75) is 11.1 Å². The number of amides is 2. The standard InChI is InChI=1S/C15H14F3N3O3S/c1-19-25(23,24)13-8-6-12(7-9-13)21-14(22)20-11-4-2-10(3-5-11)15(16,17)18/h2-9,19H,1H3,(H2,20,21,22). The highest BCUT2D eigenvalue weighted by Gasteiger charge is 2.29. The van der Waals surface area contributed by atoms with Crippen LogP contribution in [0, 0.1) is 0 Å². The minimum Gasteiger partial charge on any atom is -0.308 e. The second-order valence-corrected chi connectivity index (χ2v) is 6.77. The zero-order chi connectivity index (χ0) is 18.7. The first-order chi connectivity index (χ1) is 11.6. The van der Waals surface area contributed by atoms with Gasteiger partial charge in [0.1, 0.15) is 0 Å². The van der Waals surface area contributed by atoms with Gasteiger partial charge in [0, 0.05) is 11.4 Å². The van der Waals surface area contributed by atoms with Crippen molar-refractivity contribution in [2.75, 3.05) is 17.7 Å². The number of carbonyl (C=O) groups is 1. The molecule has 0 radical (unpaired) electrons. The Kier molecular flexibility index (Phi) is 5.33. The second kappa shape index (κ2) is 7.11. The van der Waals surface area contributed by atoms with Crippen molar-refractivity contribution in [3.8, 4) is 0 Å². The van der Waals surface area contributed by atoms with Crippen LogP contribution in [0.3, 0.4) is 0 Å². The maximum atomic E-state index is 12.5. The van der Waals surface area contributed by atoms with Gasteiger partial charge in [-0.25, -0.2) is 17.9 Å². The Bertz CT molecular complexity index is 848. The Balaban J connectivity index is 2.01. The first kappa shape index (κ1) is 18.7. The summed E-state index contributed by atoms with van der Waals surface area (Å²) in [5, 5.41) is 4.82. The van der Waals surface area contributed by atoms with Gasteiger partial charge in [-0.3, -0.25) is 0 Å². The van der Waals surface area contributed by atoms with E-state index in [0.717, 1.165) is 24.3 Å². The van der Waals surface area contributed by atoms with E-state index in [9.17, 15) is 26.4 Å². The van der Waals surface area contributed by atoms with Crippen molar-refractivity contribution in [3.63, 3.8) is 0 Å². The average molecular weight is 373 g/mol. The molecule has 10 heteroatoms. The molecule has 0 heterocycles. The highest BCUT2D eigenvalue weighted by molar-refractivity contribution is 7.89. The van der Waals surface area contributed by atoms with Gasteiger partial charge in [-0.1, -0.05) is 0 Å². The molecule has 0 fully saturated rings. The van der Waals surface area contributed by atoms with Crippen LogP contribution in [0.1, 0.15) is 5.56 Å². The minimum absolute atomic E-state index is 0.0312. The molecule has 2 aromatic rings. The lowest BCUT2D eigenvalue weighted by Gasteiger charge is -2.10. The van der Waals surface area contributed by atoms with Crippen molar-refractivity contribution in [1.29, 1.82) is 0 Å². The van der Waals surface area contributed by atoms with Crippen molar-refractivity contribution in [2.24, 2.45) is 0 Å². The summed E-state index contributed by atoms with van der Waals surface area (Å²) in [5.74, 6) is 0. The minimum atomic E-state index is -4.45. The van der Waals surface area contributed by atoms with E-state index < -0.39 is 27.8 Å². The van der Waals surface area contributed by atoms with Crippen molar-refractivity contribution >= 4 is 27.4 Å². The summed E-state index contributed by atoms with van der Waals surface area (Å²) < 4.78 is 62.7. The van der Waals surface area contributed by atoms with Gasteiger partial charge < -0.3 is 10.6 Å². The number of urea groups is 1. The fraction of sp³-hybridized carbons (Fsp3) is 0.133. The normalized spacial score (nSPS) is 11.8. The predicted molar refractivity (Wildman–Crippen MR) is 86.8 cm³/mol. The van der Waals surface area contributed by atoms with E-state index in [1.807, 2.05) is 0 Å². The van der Waals surface area contributed by atoms with Crippen LogP contribution in [0.2, 0.25) is 0 Å². The topological polar surface area (TPSA) is 87.3 Å². The highest BCUT2D eigenvalue weighted by atomic mass is 32.2. The highest BCUT2D eigenvalue weighted by Crippen LogP contribution is 2.29. The first-order valence-electron chi connectivity index (χ1n) is 6.91. The summed E-state index contributed by atoms with van der Waals surface area (Å²) in [7, 11) is -2.30. The predicted octanol–water partition coefficient (Wildman–Crippen LogP) is 3.26. The number of rotatable bonds is 4. The fourth-order valence-corrected chi connectivity index (χ4v) is 2.60. The molecule has 0 aliphatic heterocycles. The smallest absolute Gasteiger partial charge is 0.308 e. The SMILES string of the molecule is CNS(=O)(=O)c1ccc(NC(=O)Nc2ccc(C(F)(F)F)cc2)cc1. The van der Waals surface area contributed by atoms with Crippen LogP contribution < -0.4 is 15.4 Å². The summed E-state index contributed by atoms with van der Waals surface area (Å²) in [6.45, 7) is 0. The van der Waals surface area contributed by atoms with E-state index in [2.05, 4.69) is 15.4 Å². The van der Waals surface area contributed by atoms with E-state index >= 15 is 0 Å². The molecule has 0 atom stereocenters. The molecule has 0 bridgehead atoms. The monoisotopic (exact) mass is 373 g/mol. The third-order valence-corrected chi connectivity index (χ3v) is 4.59. The van der Waals surface area contributed by atoms with Gasteiger partial charge in [-0.2, -0.15) is 13.2 Å². The lowest BCUT2D eigenvalue weighted by Crippen LogP contribution is -2.20. The molecular formula is C15H14F3N3O3S. The molecule has 3 N–H and O–H groups in total. The van der Waals surface area contributed by atoms with Gasteiger partial charge >= 0.3 is 12.2 Å². The Morgan fingerprint density at radius 3 is 1.72 bits per heavy atom. The maximum Gasteiger partial charge on any atom is 0.416 e. The van der Waals surface area contributed by atoms with E-state index in [1.165, 1.54) is 31.3 Å². The number of hydrogen-bond acceptors (Lipinski definition) is 3. The fourth-order valence-electron chi connectivity index (χ4n) is 1.87. The Morgan fingerprint density at radius 1 is 0.880 bits per heavy atom. The van der Waals surface area contributed by atoms with Gasteiger partial charge in [0.15, 0.2) is 0 Å². The summed E-state index contributed by atoms with van der Waals surface area (Å²) >= 11 is 0. The lowest BCUT2D eigenvalue weighted by molar-refractivity contribution is -0.137. The van der Waals surface area contributed by atoms with Crippen molar-refractivity contribution in [1.82, 2.24) is 4.72 Å². The van der Waals surface area contributed by atoms with Crippen molar-refractivity contribution in [3.05, 3.63) is 54.1 Å². The molecule has 0 aliphatic carbocycles. The largest absolute Gasteiger partial charge is 0.416 e. The molecule has 2 amide bonds. The summed E-state index contributed by atoms with van der Waals surface area (Å²) in [6.07, 6.45) is -4.45. The van der Waals surface area contributed by atoms with E-state index in [0.29, 0.717) is 5.69 Å². The number of anilines is 2. The zero-order valence-corrected chi connectivity index (χ0v) is 13.7. The van der Waals surface area contributed by atoms with Crippen LogP contribution in [-0.2, 0) is 16.2 Å². The average Bonchev–Trinajstić information content (AvgIpc) is 2.55. The van der Waals surface area contributed by atoms with Crippen LogP contribution in [0.4, 0.5) is 29.3 Å². The van der Waals surface area contributed by atoms with Gasteiger partial charge in [-0.05, 0) is 55.6 Å². The van der Waals surface area contributed by atoms with E-state index in [4.69, 9.17) is 0 Å². The zero-order valence-electron chi connectivity index (χ0n) is 12.9. The van der Waals surface area contributed by atoms with Gasteiger partial charge in [0.2, 0.25) is 10.0 Å². The Morgan fingerprint density at radius 2 is 1.32 bits per heavy atom. The molecular weight excluding hydrogens is 359 g/mol. The molecule has 0 unspecified atom stereocenters. The third-order valence-electron chi connectivity index (χ3n) is 3.16. The summed E-state index contributed by atoms with van der Waals surface area (Å²) in [4.78, 5) is 11.9. The van der Waals surface area contributed by atoms with Crippen LogP contribution in [0.15, 0.2) is 53.4 Å². The lowest BCUT2D eigenvalue weighted by atomic mass is 10.2. The molecule has 0 saturated heterocycles. The second-order valence-electron chi connectivity index (χ2n) is 4.89. The number of halogens is 3. The first-order valence-corrected chi connectivity index (χ1v) is 8.39. The molecule has 25 heavy (non-hydrogen) atoms. The molecule has 2 aromatic carbocycles. The number of hydrogen-bond donors (Lipinski definition) is 3. The third kappa shape index (κ3) is 4.94. The molecule has 0 spiro atoms. The van der Waals surface area contributed by atoms with Crippen molar-refractivity contribution < 1.29 is 26.4 Å². The van der Waals surface area contributed by atoms with E-state index in [-0.39, 0.29) is 10.6 Å². The molecule has 0 aromatic heterocycles. The van der Waals surface area contributed by atoms with Crippen LogP contribution in [-0.4, -0.2) is 21.5 Å². The summed E-state index contributed by atoms with van der Waals surface area (Å²) in [5.41, 5.74) is -0.320. The Hall–Kier alpha value is -2.59. The molecule has 134 valence electrons. The number of alkyl halides is 3. The van der Waals surface area contributed by atoms with Gasteiger partial charge in [0.05, 0.1) is 10.5 Å². The number of benzene rings is 2. The molecule has 6 nitrogen and oxygen atoms in total. The van der Waals surface area contributed by atoms with E-state index in [1.54, 1.807) is 0 Å². The number of sulfonamides is 1. The van der Waals surface area contributed by atoms with Gasteiger partial charge in [0.25, 0.3) is 0 Å². The Labute approximate surface area is 142 Å².